The molecule has 0 aliphatic carbocycles. The first kappa shape index (κ1) is 13.8. The molecule has 100 valence electrons. The number of ether oxygens (including phenoxy) is 2. The number of nitrogens with zero attached hydrogens (tertiary/aromatic N) is 1. The lowest BCUT2D eigenvalue weighted by atomic mass is 10.2. The molecule has 19 heavy (non-hydrogen) atoms. The summed E-state index contributed by atoms with van der Waals surface area (Å²) in [6.45, 7) is 0.864. The lowest BCUT2D eigenvalue weighted by Crippen LogP contribution is -2.03. The molecule has 0 aliphatic rings. The van der Waals surface area contributed by atoms with E-state index in [-0.39, 0.29) is 0 Å². The highest BCUT2D eigenvalue weighted by atomic mass is 79.9. The molecule has 0 saturated heterocycles. The van der Waals surface area contributed by atoms with Crippen LogP contribution in [0.2, 0.25) is 0 Å². The second-order valence-corrected chi connectivity index (χ2v) is 4.89. The summed E-state index contributed by atoms with van der Waals surface area (Å²) >= 11 is 3.38. The van der Waals surface area contributed by atoms with Gasteiger partial charge in [0, 0.05) is 40.6 Å². The lowest BCUT2D eigenvalue weighted by Gasteiger charge is -2.12. The molecule has 2 N–H and O–H groups in total. The third-order valence-electron chi connectivity index (χ3n) is 2.65. The Hall–Kier alpha value is -1.59. The van der Waals surface area contributed by atoms with Crippen molar-refractivity contribution in [3.63, 3.8) is 0 Å². The minimum Gasteiger partial charge on any atom is -0.497 e. The van der Waals surface area contributed by atoms with Gasteiger partial charge in [0.05, 0.1) is 7.11 Å². The van der Waals surface area contributed by atoms with Crippen molar-refractivity contribution in [3.05, 3.63) is 52.3 Å². The molecular formula is C14H15BrN2O2. The second-order valence-electron chi connectivity index (χ2n) is 3.98. The van der Waals surface area contributed by atoms with Gasteiger partial charge in [-0.15, -0.1) is 0 Å². The first-order chi connectivity index (χ1) is 9.22. The van der Waals surface area contributed by atoms with Crippen molar-refractivity contribution in [2.45, 2.75) is 13.2 Å². The Morgan fingerprint density at radius 1 is 1.26 bits per heavy atom. The van der Waals surface area contributed by atoms with E-state index in [0.29, 0.717) is 13.2 Å². The van der Waals surface area contributed by atoms with Crippen LogP contribution in [0.15, 0.2) is 41.1 Å². The molecule has 4 nitrogen and oxygen atoms in total. The maximum absolute atomic E-state index is 5.79. The Morgan fingerprint density at radius 3 is 2.79 bits per heavy atom. The zero-order valence-corrected chi connectivity index (χ0v) is 12.2. The van der Waals surface area contributed by atoms with Crippen LogP contribution < -0.4 is 15.2 Å². The third-order valence-corrected chi connectivity index (χ3v) is 3.08. The normalized spacial score (nSPS) is 10.3. The van der Waals surface area contributed by atoms with E-state index in [1.165, 1.54) is 0 Å². The fourth-order valence-electron chi connectivity index (χ4n) is 1.66. The number of halogens is 1. The van der Waals surface area contributed by atoms with Crippen molar-refractivity contribution < 1.29 is 9.47 Å². The Kier molecular flexibility index (Phi) is 4.76. The molecule has 0 unspecified atom stereocenters. The predicted molar refractivity (Wildman–Crippen MR) is 77.2 cm³/mol. The summed E-state index contributed by atoms with van der Waals surface area (Å²) in [6.07, 6.45) is 3.51. The quantitative estimate of drug-likeness (QED) is 0.919. The van der Waals surface area contributed by atoms with Gasteiger partial charge in [0.1, 0.15) is 18.1 Å². The molecule has 1 aromatic heterocycles. The number of hydrogen-bond donors (Lipinski definition) is 1. The van der Waals surface area contributed by atoms with E-state index in [4.69, 9.17) is 15.2 Å². The van der Waals surface area contributed by atoms with Gasteiger partial charge in [-0.2, -0.15) is 0 Å². The maximum atomic E-state index is 5.79. The third kappa shape index (κ3) is 3.68. The molecule has 0 radical (unpaired) electrons. The SMILES string of the molecule is COc1ccc(CN)c(OCc2cncc(Br)c2)c1. The number of aromatic nitrogens is 1. The number of nitrogens with two attached hydrogens (primary N) is 1. The summed E-state index contributed by atoms with van der Waals surface area (Å²) in [5.74, 6) is 1.49. The first-order valence-corrected chi connectivity index (χ1v) is 6.61. The maximum Gasteiger partial charge on any atom is 0.127 e. The molecule has 0 aliphatic heterocycles. The molecule has 0 spiro atoms. The van der Waals surface area contributed by atoms with Gasteiger partial charge in [0.25, 0.3) is 0 Å². The minimum absolute atomic E-state index is 0.427. The van der Waals surface area contributed by atoms with Crippen molar-refractivity contribution in [2.75, 3.05) is 7.11 Å². The van der Waals surface area contributed by atoms with E-state index < -0.39 is 0 Å². The zero-order chi connectivity index (χ0) is 13.7. The fraction of sp³-hybridized carbons (Fsp3) is 0.214. The van der Waals surface area contributed by atoms with Crippen molar-refractivity contribution in [2.24, 2.45) is 5.73 Å². The fourth-order valence-corrected chi connectivity index (χ4v) is 2.07. The Balaban J connectivity index is 2.14. The monoisotopic (exact) mass is 322 g/mol. The molecular weight excluding hydrogens is 308 g/mol. The summed E-state index contributed by atoms with van der Waals surface area (Å²) in [7, 11) is 1.62. The van der Waals surface area contributed by atoms with Gasteiger partial charge < -0.3 is 15.2 Å². The molecule has 1 aromatic carbocycles. The van der Waals surface area contributed by atoms with Crippen LogP contribution in [-0.2, 0) is 13.2 Å². The van der Waals surface area contributed by atoms with Crippen molar-refractivity contribution in [1.82, 2.24) is 4.98 Å². The molecule has 0 bridgehead atoms. The van der Waals surface area contributed by atoms with Crippen LogP contribution in [0.1, 0.15) is 11.1 Å². The van der Waals surface area contributed by atoms with E-state index in [9.17, 15) is 0 Å². The first-order valence-electron chi connectivity index (χ1n) is 5.82. The standard InChI is InChI=1S/C14H15BrN2O2/c1-18-13-3-2-11(6-16)14(5-13)19-9-10-4-12(15)8-17-7-10/h2-5,7-8H,6,9,16H2,1H3. The van der Waals surface area contributed by atoms with Crippen molar-refractivity contribution in [3.8, 4) is 11.5 Å². The van der Waals surface area contributed by atoms with Crippen LogP contribution in [0.25, 0.3) is 0 Å². The van der Waals surface area contributed by atoms with Crippen LogP contribution in [0.3, 0.4) is 0 Å². The van der Waals surface area contributed by atoms with Gasteiger partial charge in [-0.25, -0.2) is 0 Å². The van der Waals surface area contributed by atoms with E-state index in [1.54, 1.807) is 19.5 Å². The minimum atomic E-state index is 0.427. The predicted octanol–water partition coefficient (Wildman–Crippen LogP) is 2.89. The molecule has 2 rings (SSSR count). The van der Waals surface area contributed by atoms with Gasteiger partial charge in [-0.3, -0.25) is 4.98 Å². The second kappa shape index (κ2) is 6.54. The van der Waals surface area contributed by atoms with Crippen LogP contribution in [0.4, 0.5) is 0 Å². The largest absolute Gasteiger partial charge is 0.497 e. The van der Waals surface area contributed by atoms with E-state index in [0.717, 1.165) is 27.1 Å². The highest BCUT2D eigenvalue weighted by Gasteiger charge is 2.05. The number of benzene rings is 1. The van der Waals surface area contributed by atoms with Crippen molar-refractivity contribution in [1.29, 1.82) is 0 Å². The summed E-state index contributed by atoms with van der Waals surface area (Å²) < 4.78 is 11.9. The molecule has 0 fully saturated rings. The summed E-state index contributed by atoms with van der Waals surface area (Å²) in [5, 5.41) is 0. The lowest BCUT2D eigenvalue weighted by molar-refractivity contribution is 0.300. The van der Waals surface area contributed by atoms with Crippen LogP contribution >= 0.6 is 15.9 Å². The Morgan fingerprint density at radius 2 is 2.11 bits per heavy atom. The van der Waals surface area contributed by atoms with Crippen molar-refractivity contribution >= 4 is 15.9 Å². The Bertz CT molecular complexity index is 561. The summed E-state index contributed by atoms with van der Waals surface area (Å²) in [6, 6.07) is 7.59. The number of rotatable bonds is 5. The molecule has 0 saturated carbocycles. The molecule has 0 amide bonds. The smallest absolute Gasteiger partial charge is 0.127 e. The number of methoxy groups -OCH3 is 1. The van der Waals surface area contributed by atoms with Gasteiger partial charge in [0.15, 0.2) is 0 Å². The van der Waals surface area contributed by atoms with E-state index in [1.807, 2.05) is 24.3 Å². The molecule has 0 atom stereocenters. The molecule has 5 heteroatoms. The van der Waals surface area contributed by atoms with Gasteiger partial charge in [-0.05, 0) is 28.1 Å². The van der Waals surface area contributed by atoms with E-state index in [2.05, 4.69) is 20.9 Å². The van der Waals surface area contributed by atoms with E-state index >= 15 is 0 Å². The average Bonchev–Trinajstić information content (AvgIpc) is 2.45. The number of hydrogen-bond acceptors (Lipinski definition) is 4. The van der Waals surface area contributed by atoms with Gasteiger partial charge in [-0.1, -0.05) is 6.07 Å². The number of pyridine rings is 1. The summed E-state index contributed by atoms with van der Waals surface area (Å²) in [5.41, 5.74) is 7.63. The molecule has 2 aromatic rings. The zero-order valence-electron chi connectivity index (χ0n) is 10.6. The highest BCUT2D eigenvalue weighted by Crippen LogP contribution is 2.25. The summed E-state index contributed by atoms with van der Waals surface area (Å²) in [4.78, 5) is 4.10. The highest BCUT2D eigenvalue weighted by molar-refractivity contribution is 9.10. The average molecular weight is 323 g/mol. The van der Waals surface area contributed by atoms with Crippen LogP contribution in [0.5, 0.6) is 11.5 Å². The van der Waals surface area contributed by atoms with Gasteiger partial charge >= 0.3 is 0 Å². The van der Waals surface area contributed by atoms with Crippen LogP contribution in [-0.4, -0.2) is 12.1 Å². The van der Waals surface area contributed by atoms with Crippen LogP contribution in [0, 0.1) is 0 Å². The van der Waals surface area contributed by atoms with Gasteiger partial charge in [0.2, 0.25) is 0 Å². The Labute approximate surface area is 120 Å². The molecule has 1 heterocycles. The topological polar surface area (TPSA) is 57.4 Å².